The van der Waals surface area contributed by atoms with Crippen molar-refractivity contribution in [3.63, 3.8) is 0 Å². The van der Waals surface area contributed by atoms with Gasteiger partial charge in [-0.1, -0.05) is 42.5 Å². The van der Waals surface area contributed by atoms with Crippen LogP contribution in [0.4, 0.5) is 4.39 Å². The standard InChI is InChI=1S/C27H22FN5O3/c28-20-12-10-19(11-13-20)17-32-18-30-25-23(27(32)35)16-31-33(25)15-14-29-26(34)22-8-4-5-9-24(22)36-21-6-2-1-3-7-21/h1-13,16,18H,14-15,17H2,(H,29,34). The number of ether oxygens (including phenoxy) is 1. The lowest BCUT2D eigenvalue weighted by molar-refractivity contribution is 0.0949. The summed E-state index contributed by atoms with van der Waals surface area (Å²) in [6, 6.07) is 22.2. The summed E-state index contributed by atoms with van der Waals surface area (Å²) in [6.45, 7) is 0.870. The molecule has 5 aromatic rings. The van der Waals surface area contributed by atoms with Gasteiger partial charge >= 0.3 is 0 Å². The van der Waals surface area contributed by atoms with Crippen LogP contribution in [0.1, 0.15) is 15.9 Å². The third-order valence-electron chi connectivity index (χ3n) is 5.60. The van der Waals surface area contributed by atoms with Gasteiger partial charge in [-0.05, 0) is 42.0 Å². The summed E-state index contributed by atoms with van der Waals surface area (Å²) in [5, 5.41) is 7.51. The molecule has 0 atom stereocenters. The quantitative estimate of drug-likeness (QED) is 0.360. The monoisotopic (exact) mass is 483 g/mol. The first kappa shape index (κ1) is 23.0. The number of hydrogen-bond acceptors (Lipinski definition) is 5. The molecule has 36 heavy (non-hydrogen) atoms. The van der Waals surface area contributed by atoms with Crippen molar-refractivity contribution in [2.45, 2.75) is 13.1 Å². The van der Waals surface area contributed by atoms with Crippen LogP contribution < -0.4 is 15.6 Å². The summed E-state index contributed by atoms with van der Waals surface area (Å²) in [6.07, 6.45) is 2.92. The van der Waals surface area contributed by atoms with Gasteiger partial charge in [-0.2, -0.15) is 5.10 Å². The van der Waals surface area contributed by atoms with Gasteiger partial charge in [-0.25, -0.2) is 14.1 Å². The van der Waals surface area contributed by atoms with Crippen molar-refractivity contribution < 1.29 is 13.9 Å². The maximum Gasteiger partial charge on any atom is 0.264 e. The van der Waals surface area contributed by atoms with Gasteiger partial charge in [-0.3, -0.25) is 14.2 Å². The largest absolute Gasteiger partial charge is 0.457 e. The topological polar surface area (TPSA) is 91.0 Å². The summed E-state index contributed by atoms with van der Waals surface area (Å²) >= 11 is 0. The summed E-state index contributed by atoms with van der Waals surface area (Å²) < 4.78 is 22.0. The molecule has 2 heterocycles. The van der Waals surface area contributed by atoms with Crippen molar-refractivity contribution >= 4 is 16.9 Å². The van der Waals surface area contributed by atoms with E-state index in [9.17, 15) is 14.0 Å². The second-order valence-electron chi connectivity index (χ2n) is 8.08. The van der Waals surface area contributed by atoms with E-state index in [0.29, 0.717) is 34.6 Å². The maximum atomic E-state index is 13.1. The highest BCUT2D eigenvalue weighted by atomic mass is 19.1. The number of amides is 1. The summed E-state index contributed by atoms with van der Waals surface area (Å²) in [5.74, 6) is 0.471. The first-order chi connectivity index (χ1) is 17.6. The van der Waals surface area contributed by atoms with E-state index in [2.05, 4.69) is 15.4 Å². The Labute approximate surface area is 205 Å². The fourth-order valence-electron chi connectivity index (χ4n) is 3.79. The van der Waals surface area contributed by atoms with E-state index in [0.717, 1.165) is 5.56 Å². The molecule has 0 spiro atoms. The molecular formula is C27H22FN5O3. The molecule has 0 saturated carbocycles. The molecule has 0 aliphatic carbocycles. The van der Waals surface area contributed by atoms with Crippen LogP contribution in [0.3, 0.4) is 0 Å². The van der Waals surface area contributed by atoms with Crippen molar-refractivity contribution in [2.24, 2.45) is 0 Å². The lowest BCUT2D eigenvalue weighted by Gasteiger charge is -2.11. The molecule has 3 aromatic carbocycles. The van der Waals surface area contributed by atoms with Gasteiger partial charge in [0.25, 0.3) is 11.5 Å². The molecule has 9 heteroatoms. The highest BCUT2D eigenvalue weighted by Gasteiger charge is 2.14. The SMILES string of the molecule is O=C(NCCn1ncc2c(=O)n(Cc3ccc(F)cc3)cnc21)c1ccccc1Oc1ccccc1. The number of fused-ring (bicyclic) bond motifs is 1. The average molecular weight is 484 g/mol. The average Bonchev–Trinajstić information content (AvgIpc) is 3.31. The smallest absolute Gasteiger partial charge is 0.264 e. The Kier molecular flexibility index (Phi) is 6.53. The Bertz CT molecular complexity index is 1560. The summed E-state index contributed by atoms with van der Waals surface area (Å²) in [7, 11) is 0. The number of para-hydroxylation sites is 2. The summed E-state index contributed by atoms with van der Waals surface area (Å²) in [4.78, 5) is 30.1. The molecule has 0 unspecified atom stereocenters. The van der Waals surface area contributed by atoms with Crippen LogP contribution >= 0.6 is 0 Å². The van der Waals surface area contributed by atoms with Crippen molar-refractivity contribution in [1.29, 1.82) is 0 Å². The number of hydrogen-bond donors (Lipinski definition) is 1. The number of nitrogens with zero attached hydrogens (tertiary/aromatic N) is 4. The van der Waals surface area contributed by atoms with Crippen LogP contribution in [-0.4, -0.2) is 31.8 Å². The fourth-order valence-corrected chi connectivity index (χ4v) is 3.79. The van der Waals surface area contributed by atoms with Gasteiger partial charge in [0.2, 0.25) is 0 Å². The normalized spacial score (nSPS) is 10.9. The third-order valence-corrected chi connectivity index (χ3v) is 5.60. The zero-order valence-electron chi connectivity index (χ0n) is 19.2. The van der Waals surface area contributed by atoms with Crippen molar-refractivity contribution in [1.82, 2.24) is 24.6 Å². The number of carbonyl (C=O) groups excluding carboxylic acids is 1. The Morgan fingerprint density at radius 3 is 2.53 bits per heavy atom. The molecule has 0 aliphatic heterocycles. The Morgan fingerprint density at radius 2 is 1.72 bits per heavy atom. The predicted molar refractivity (Wildman–Crippen MR) is 133 cm³/mol. The van der Waals surface area contributed by atoms with Gasteiger partial charge in [0.15, 0.2) is 5.65 Å². The van der Waals surface area contributed by atoms with E-state index in [-0.39, 0.29) is 30.4 Å². The van der Waals surface area contributed by atoms with E-state index in [1.807, 2.05) is 30.3 Å². The molecule has 5 rings (SSSR count). The van der Waals surface area contributed by atoms with Gasteiger partial charge in [0.05, 0.1) is 24.8 Å². The van der Waals surface area contributed by atoms with Gasteiger partial charge in [0, 0.05) is 6.54 Å². The van der Waals surface area contributed by atoms with E-state index >= 15 is 0 Å². The number of benzene rings is 3. The second kappa shape index (κ2) is 10.2. The summed E-state index contributed by atoms with van der Waals surface area (Å²) in [5.41, 5.74) is 1.38. The van der Waals surface area contributed by atoms with Gasteiger partial charge in [-0.15, -0.1) is 0 Å². The van der Waals surface area contributed by atoms with E-state index < -0.39 is 0 Å². The van der Waals surface area contributed by atoms with E-state index in [1.54, 1.807) is 41.1 Å². The van der Waals surface area contributed by atoms with Gasteiger partial charge in [0.1, 0.15) is 29.0 Å². The van der Waals surface area contributed by atoms with Crippen molar-refractivity contribution in [3.8, 4) is 11.5 Å². The molecule has 0 bridgehead atoms. The highest BCUT2D eigenvalue weighted by Crippen LogP contribution is 2.24. The Hall–Kier alpha value is -4.79. The lowest BCUT2D eigenvalue weighted by atomic mass is 10.2. The maximum absolute atomic E-state index is 13.1. The third kappa shape index (κ3) is 5.00. The number of rotatable bonds is 8. The minimum absolute atomic E-state index is 0.244. The molecular weight excluding hydrogens is 461 g/mol. The zero-order chi connectivity index (χ0) is 24.9. The molecule has 0 saturated heterocycles. The van der Waals surface area contributed by atoms with Crippen LogP contribution in [0.25, 0.3) is 11.0 Å². The fraction of sp³-hybridized carbons (Fsp3) is 0.111. The molecule has 1 amide bonds. The molecule has 0 fully saturated rings. The van der Waals surface area contributed by atoms with Crippen molar-refractivity contribution in [2.75, 3.05) is 6.54 Å². The minimum Gasteiger partial charge on any atom is -0.457 e. The number of carbonyl (C=O) groups is 1. The second-order valence-corrected chi connectivity index (χ2v) is 8.08. The number of aromatic nitrogens is 4. The number of halogens is 1. The zero-order valence-corrected chi connectivity index (χ0v) is 19.2. The predicted octanol–water partition coefficient (Wildman–Crippen LogP) is 4.00. The van der Waals surface area contributed by atoms with Crippen LogP contribution in [0.5, 0.6) is 11.5 Å². The van der Waals surface area contributed by atoms with E-state index in [4.69, 9.17) is 4.74 Å². The molecule has 0 radical (unpaired) electrons. The first-order valence-electron chi connectivity index (χ1n) is 11.3. The molecule has 0 aliphatic rings. The first-order valence-corrected chi connectivity index (χ1v) is 11.3. The Balaban J connectivity index is 1.25. The number of nitrogens with one attached hydrogen (secondary N) is 1. The van der Waals surface area contributed by atoms with E-state index in [1.165, 1.54) is 29.2 Å². The highest BCUT2D eigenvalue weighted by molar-refractivity contribution is 5.97. The van der Waals surface area contributed by atoms with Crippen LogP contribution in [-0.2, 0) is 13.1 Å². The molecule has 2 aromatic heterocycles. The lowest BCUT2D eigenvalue weighted by Crippen LogP contribution is -2.28. The van der Waals surface area contributed by atoms with Gasteiger partial charge < -0.3 is 10.1 Å². The Morgan fingerprint density at radius 1 is 0.972 bits per heavy atom. The molecule has 8 nitrogen and oxygen atoms in total. The minimum atomic E-state index is -0.333. The molecule has 180 valence electrons. The van der Waals surface area contributed by atoms with Crippen molar-refractivity contribution in [3.05, 3.63) is 119 Å². The van der Waals surface area contributed by atoms with Crippen LogP contribution in [0.15, 0.2) is 96.2 Å². The van der Waals surface area contributed by atoms with Crippen LogP contribution in [0.2, 0.25) is 0 Å². The van der Waals surface area contributed by atoms with Crippen LogP contribution in [0, 0.1) is 5.82 Å². The molecule has 1 N–H and O–H groups in total.